The molecule has 0 saturated carbocycles. The van der Waals surface area contributed by atoms with Crippen LogP contribution in [0.3, 0.4) is 0 Å². The van der Waals surface area contributed by atoms with E-state index in [1.807, 2.05) is 0 Å². The number of hydrogen-bond acceptors (Lipinski definition) is 3. The topological polar surface area (TPSA) is 59.2 Å². The van der Waals surface area contributed by atoms with Gasteiger partial charge in [0.05, 0.1) is 17.9 Å². The van der Waals surface area contributed by atoms with Crippen LogP contribution in [0.2, 0.25) is 0 Å². The van der Waals surface area contributed by atoms with Gasteiger partial charge in [0.1, 0.15) is 0 Å². The Hall–Kier alpha value is -2.31. The number of fused-ring (bicyclic) bond motifs is 1. The molecule has 21 heavy (non-hydrogen) atoms. The molecule has 0 aliphatic carbocycles. The second-order valence-corrected chi connectivity index (χ2v) is 4.43. The first-order valence-electron chi connectivity index (χ1n) is 6.16. The molecule has 1 N–H and O–H groups in total. The maximum Gasteiger partial charge on any atom is 0.416 e. The Morgan fingerprint density at radius 1 is 1.29 bits per heavy atom. The van der Waals surface area contributed by atoms with Crippen LogP contribution < -0.4 is 0 Å². The SMILES string of the molecule is CCOC(=O)C(=O)c1[nH]c2cc(C(F)(F)F)ccc2c1C. The molecule has 0 saturated heterocycles. The van der Waals surface area contributed by atoms with Crippen LogP contribution in [0.4, 0.5) is 13.2 Å². The molecule has 0 fully saturated rings. The van der Waals surface area contributed by atoms with E-state index in [1.54, 1.807) is 13.8 Å². The van der Waals surface area contributed by atoms with Gasteiger partial charge >= 0.3 is 12.1 Å². The fraction of sp³-hybridized carbons (Fsp3) is 0.286. The van der Waals surface area contributed by atoms with Gasteiger partial charge in [-0.2, -0.15) is 13.2 Å². The molecule has 0 radical (unpaired) electrons. The van der Waals surface area contributed by atoms with Crippen LogP contribution in [0.15, 0.2) is 18.2 Å². The summed E-state index contributed by atoms with van der Waals surface area (Å²) in [6.45, 7) is 3.15. The number of carbonyl (C=O) groups is 2. The van der Waals surface area contributed by atoms with Crippen molar-refractivity contribution in [3.63, 3.8) is 0 Å². The number of alkyl halides is 3. The summed E-state index contributed by atoms with van der Waals surface area (Å²) in [6.07, 6.45) is -4.47. The van der Waals surface area contributed by atoms with Crippen molar-refractivity contribution in [3.05, 3.63) is 35.0 Å². The number of aromatic amines is 1. The van der Waals surface area contributed by atoms with Crippen molar-refractivity contribution in [2.24, 2.45) is 0 Å². The summed E-state index contributed by atoms with van der Waals surface area (Å²) in [5.74, 6) is -1.94. The summed E-state index contributed by atoms with van der Waals surface area (Å²) in [7, 11) is 0. The van der Waals surface area contributed by atoms with Gasteiger partial charge < -0.3 is 9.72 Å². The minimum Gasteiger partial charge on any atom is -0.460 e. The maximum atomic E-state index is 12.7. The highest BCUT2D eigenvalue weighted by Crippen LogP contribution is 2.32. The number of esters is 1. The van der Waals surface area contributed by atoms with E-state index in [1.165, 1.54) is 6.07 Å². The number of aromatic nitrogens is 1. The molecule has 112 valence electrons. The van der Waals surface area contributed by atoms with E-state index in [2.05, 4.69) is 9.72 Å². The van der Waals surface area contributed by atoms with E-state index in [0.29, 0.717) is 10.9 Å². The number of benzene rings is 1. The standard InChI is InChI=1S/C14H12F3NO3/c1-3-21-13(20)12(19)11-7(2)9-5-4-8(14(15,16)17)6-10(9)18-11/h4-6,18H,3H2,1-2H3. The van der Waals surface area contributed by atoms with Crippen molar-refractivity contribution in [1.29, 1.82) is 0 Å². The monoisotopic (exact) mass is 299 g/mol. The van der Waals surface area contributed by atoms with Crippen LogP contribution in [0.1, 0.15) is 28.5 Å². The first-order valence-corrected chi connectivity index (χ1v) is 6.16. The van der Waals surface area contributed by atoms with Crippen molar-refractivity contribution in [3.8, 4) is 0 Å². The maximum absolute atomic E-state index is 12.7. The Labute approximate surface area is 117 Å². The zero-order valence-electron chi connectivity index (χ0n) is 11.3. The zero-order valence-corrected chi connectivity index (χ0v) is 11.3. The van der Waals surface area contributed by atoms with E-state index < -0.39 is 23.5 Å². The zero-order chi connectivity index (χ0) is 15.8. The quantitative estimate of drug-likeness (QED) is 0.538. The molecule has 1 aromatic heterocycles. The lowest BCUT2D eigenvalue weighted by Crippen LogP contribution is -2.18. The number of Topliss-reactive ketones (excluding diaryl/α,β-unsaturated/α-hetero) is 1. The largest absolute Gasteiger partial charge is 0.460 e. The van der Waals surface area contributed by atoms with Crippen LogP contribution in [0.5, 0.6) is 0 Å². The number of aryl methyl sites for hydroxylation is 1. The first-order chi connectivity index (χ1) is 9.75. The fourth-order valence-corrected chi connectivity index (χ4v) is 2.04. The Balaban J connectivity index is 2.51. The van der Waals surface area contributed by atoms with Crippen molar-refractivity contribution in [1.82, 2.24) is 4.98 Å². The minimum absolute atomic E-state index is 0.0437. The highest BCUT2D eigenvalue weighted by atomic mass is 19.4. The molecule has 0 atom stereocenters. The van der Waals surface area contributed by atoms with Gasteiger partial charge in [0.25, 0.3) is 5.78 Å². The molecule has 0 spiro atoms. The number of halogens is 3. The lowest BCUT2D eigenvalue weighted by Gasteiger charge is -2.05. The Kier molecular flexibility index (Phi) is 3.76. The van der Waals surface area contributed by atoms with Gasteiger partial charge in [0, 0.05) is 10.9 Å². The number of nitrogens with one attached hydrogen (secondary N) is 1. The van der Waals surface area contributed by atoms with Gasteiger partial charge in [0.15, 0.2) is 0 Å². The highest BCUT2D eigenvalue weighted by Gasteiger charge is 2.31. The normalized spacial score (nSPS) is 11.7. The Bertz CT molecular complexity index is 716. The van der Waals surface area contributed by atoms with E-state index in [9.17, 15) is 22.8 Å². The fourth-order valence-electron chi connectivity index (χ4n) is 2.04. The molecule has 0 aliphatic rings. The predicted octanol–water partition coefficient (Wildman–Crippen LogP) is 3.24. The van der Waals surface area contributed by atoms with Gasteiger partial charge in [0.2, 0.25) is 0 Å². The molecule has 0 unspecified atom stereocenters. The number of H-pyrrole nitrogens is 1. The van der Waals surface area contributed by atoms with E-state index >= 15 is 0 Å². The van der Waals surface area contributed by atoms with Crippen LogP contribution in [-0.4, -0.2) is 23.3 Å². The summed E-state index contributed by atoms with van der Waals surface area (Å²) in [4.78, 5) is 25.9. The number of ketones is 1. The molecule has 2 aromatic rings. The number of carbonyl (C=O) groups excluding carboxylic acids is 2. The number of rotatable bonds is 3. The van der Waals surface area contributed by atoms with E-state index in [0.717, 1.165) is 12.1 Å². The van der Waals surface area contributed by atoms with Gasteiger partial charge in [-0.1, -0.05) is 6.07 Å². The van der Waals surface area contributed by atoms with Crippen LogP contribution >= 0.6 is 0 Å². The summed E-state index contributed by atoms with van der Waals surface area (Å²) in [5.41, 5.74) is -0.319. The number of hydrogen-bond donors (Lipinski definition) is 1. The van der Waals surface area contributed by atoms with Gasteiger partial charge in [-0.05, 0) is 31.5 Å². The van der Waals surface area contributed by atoms with Crippen molar-refractivity contribution in [2.75, 3.05) is 6.61 Å². The second kappa shape index (κ2) is 5.23. The third kappa shape index (κ3) is 2.76. The van der Waals surface area contributed by atoms with Gasteiger partial charge in [-0.15, -0.1) is 0 Å². The van der Waals surface area contributed by atoms with Gasteiger partial charge in [-0.25, -0.2) is 4.79 Å². The minimum atomic E-state index is -4.47. The second-order valence-electron chi connectivity index (χ2n) is 4.43. The summed E-state index contributed by atoms with van der Waals surface area (Å²) in [6, 6.07) is 3.11. The smallest absolute Gasteiger partial charge is 0.416 e. The summed E-state index contributed by atoms with van der Waals surface area (Å²) in [5, 5.41) is 0.454. The third-order valence-electron chi connectivity index (χ3n) is 3.07. The molecule has 7 heteroatoms. The highest BCUT2D eigenvalue weighted by molar-refractivity contribution is 6.41. The van der Waals surface area contributed by atoms with E-state index in [-0.39, 0.29) is 17.8 Å². The Morgan fingerprint density at radius 3 is 2.52 bits per heavy atom. The third-order valence-corrected chi connectivity index (χ3v) is 3.07. The molecular weight excluding hydrogens is 287 g/mol. The Morgan fingerprint density at radius 2 is 1.95 bits per heavy atom. The van der Waals surface area contributed by atoms with E-state index in [4.69, 9.17) is 0 Å². The molecule has 2 rings (SSSR count). The van der Waals surface area contributed by atoms with Crippen LogP contribution in [0.25, 0.3) is 10.9 Å². The van der Waals surface area contributed by atoms with Crippen molar-refractivity contribution < 1.29 is 27.5 Å². The van der Waals surface area contributed by atoms with Gasteiger partial charge in [-0.3, -0.25) is 4.79 Å². The average molecular weight is 299 g/mol. The first kappa shape index (κ1) is 15.1. The molecule has 0 aliphatic heterocycles. The molecule has 0 bridgehead atoms. The average Bonchev–Trinajstić information content (AvgIpc) is 2.74. The molecule has 1 aromatic carbocycles. The van der Waals surface area contributed by atoms with Crippen LogP contribution in [0, 0.1) is 6.92 Å². The summed E-state index contributed by atoms with van der Waals surface area (Å²) >= 11 is 0. The number of ether oxygens (including phenoxy) is 1. The van der Waals surface area contributed by atoms with Crippen molar-refractivity contribution in [2.45, 2.75) is 20.0 Å². The predicted molar refractivity (Wildman–Crippen MR) is 69.0 cm³/mol. The summed E-state index contributed by atoms with van der Waals surface area (Å²) < 4.78 is 42.6. The van der Waals surface area contributed by atoms with Crippen LogP contribution in [-0.2, 0) is 15.7 Å². The molecule has 0 amide bonds. The molecule has 4 nitrogen and oxygen atoms in total. The molecular formula is C14H12F3NO3. The lowest BCUT2D eigenvalue weighted by atomic mass is 10.1. The van der Waals surface area contributed by atoms with Crippen molar-refractivity contribution >= 4 is 22.7 Å². The lowest BCUT2D eigenvalue weighted by molar-refractivity contribution is -0.138. The molecule has 1 heterocycles.